The third-order valence-corrected chi connectivity index (χ3v) is 6.80. The summed E-state index contributed by atoms with van der Waals surface area (Å²) in [4.78, 5) is 20.3. The number of fused-ring (bicyclic) bond motifs is 1. The average Bonchev–Trinajstić information content (AvgIpc) is 2.82. The van der Waals surface area contributed by atoms with E-state index in [0.717, 1.165) is 60.9 Å². The van der Waals surface area contributed by atoms with Gasteiger partial charge in [0, 0.05) is 18.3 Å². The van der Waals surface area contributed by atoms with Crippen molar-refractivity contribution in [3.8, 4) is 6.07 Å². The number of nitrogens with zero attached hydrogens (tertiary/aromatic N) is 3. The Morgan fingerprint density at radius 2 is 1.90 bits per heavy atom. The van der Waals surface area contributed by atoms with Gasteiger partial charge in [-0.05, 0) is 43.4 Å². The van der Waals surface area contributed by atoms with Crippen LogP contribution < -0.4 is 14.8 Å². The smallest absolute Gasteiger partial charge is 0.278 e. The molecule has 2 heterocycles. The van der Waals surface area contributed by atoms with Crippen LogP contribution in [-0.4, -0.2) is 45.0 Å². The molecule has 0 bridgehead atoms. The number of amides is 1. The number of benzene rings is 1. The largest absolute Gasteiger partial charge is 0.373 e. The average molecular weight is 424 g/mol. The van der Waals surface area contributed by atoms with Crippen molar-refractivity contribution in [3.63, 3.8) is 0 Å². The first-order valence-electron chi connectivity index (χ1n) is 10.5. The molecule has 2 aliphatic rings. The maximum Gasteiger partial charge on any atom is 0.278 e. The number of carbonyl (C=O) groups excluding carboxylic acids is 1. The minimum Gasteiger partial charge on any atom is -0.373 e. The minimum absolute atomic E-state index is 0.00846. The van der Waals surface area contributed by atoms with Crippen LogP contribution in [0.25, 0.3) is 0 Å². The van der Waals surface area contributed by atoms with Gasteiger partial charge in [0.15, 0.2) is 5.03 Å². The Balaban J connectivity index is 1.60. The number of nitriles is 1. The quantitative estimate of drug-likeness (QED) is 0.692. The van der Waals surface area contributed by atoms with Gasteiger partial charge < -0.3 is 9.64 Å². The Labute approximate surface area is 181 Å². The second-order valence-electron chi connectivity index (χ2n) is 7.63. The number of ether oxygens (including phenoxy) is 1. The number of pyridine rings is 1. The third kappa shape index (κ3) is 4.30. The molecule has 1 fully saturated rings. The van der Waals surface area contributed by atoms with E-state index in [1.807, 2.05) is 30.3 Å². The summed E-state index contributed by atoms with van der Waals surface area (Å²) in [6.45, 7) is 3.11. The fourth-order valence-corrected chi connectivity index (χ4v) is 5.08. The fourth-order valence-electron chi connectivity index (χ4n) is 4.13. The summed E-state index contributed by atoms with van der Waals surface area (Å²) in [7, 11) is 1.79. The Hall–Kier alpha value is -2.56. The molecule has 30 heavy (non-hydrogen) atoms. The van der Waals surface area contributed by atoms with Crippen molar-refractivity contribution in [1.82, 2.24) is 0 Å². The van der Waals surface area contributed by atoms with Gasteiger partial charge >= 0.3 is 0 Å². The first kappa shape index (κ1) is 20.7. The number of rotatable bonds is 5. The third-order valence-electron chi connectivity index (χ3n) is 5.81. The molecule has 0 atom stereocenters. The van der Waals surface area contributed by atoms with E-state index in [4.69, 9.17) is 4.74 Å². The molecule has 4 rings (SSSR count). The molecule has 1 aliphatic heterocycles. The van der Waals surface area contributed by atoms with E-state index >= 15 is 0 Å². The molecule has 7 heteroatoms. The lowest BCUT2D eigenvalue weighted by Crippen LogP contribution is -2.41. The van der Waals surface area contributed by atoms with Gasteiger partial charge in [0.25, 0.3) is 5.82 Å². The number of nitrogens with one attached hydrogen (secondary N) is 1. The number of aromatic nitrogens is 1. The number of para-hydroxylation sites is 1. The van der Waals surface area contributed by atoms with Crippen LogP contribution in [0.3, 0.4) is 0 Å². The maximum absolute atomic E-state index is 12.8. The molecule has 0 unspecified atom stereocenters. The lowest BCUT2D eigenvalue weighted by molar-refractivity contribution is -0.414. The SMILES string of the molecule is CN(C(=O)CSc1[nH+]c(N2CCOCC2)c2c(c1C#N)CCCC2)c1ccccc1. The molecule has 2 aromatic rings. The first-order valence-corrected chi connectivity index (χ1v) is 11.5. The summed E-state index contributed by atoms with van der Waals surface area (Å²) in [6, 6.07) is 12.0. The molecular formula is C23H27N4O2S+. The standard InChI is InChI=1S/C23H26N4O2S/c1-26(17-7-3-2-4-8-17)21(28)16-30-23-20(15-24)18-9-5-6-10-19(18)22(25-23)27-11-13-29-14-12-27/h2-4,7-8H,5-6,9-14,16H2,1H3/p+1. The summed E-state index contributed by atoms with van der Waals surface area (Å²) in [5, 5.41) is 10.7. The second-order valence-corrected chi connectivity index (χ2v) is 8.62. The molecular weight excluding hydrogens is 396 g/mol. The van der Waals surface area contributed by atoms with Crippen LogP contribution in [0.1, 0.15) is 29.5 Å². The molecule has 0 radical (unpaired) electrons. The van der Waals surface area contributed by atoms with E-state index in [1.54, 1.807) is 11.9 Å². The number of carbonyl (C=O) groups is 1. The van der Waals surface area contributed by atoms with Gasteiger partial charge in [0.05, 0.1) is 19.0 Å². The first-order chi connectivity index (χ1) is 14.7. The Kier molecular flexibility index (Phi) is 6.56. The Bertz CT molecular complexity index is 952. The van der Waals surface area contributed by atoms with E-state index in [9.17, 15) is 10.1 Å². The molecule has 6 nitrogen and oxygen atoms in total. The highest BCUT2D eigenvalue weighted by atomic mass is 32.2. The highest BCUT2D eigenvalue weighted by molar-refractivity contribution is 7.99. The molecule has 1 aromatic heterocycles. The van der Waals surface area contributed by atoms with Gasteiger partial charge in [-0.25, -0.2) is 4.98 Å². The van der Waals surface area contributed by atoms with Crippen molar-refractivity contribution < 1.29 is 14.5 Å². The maximum atomic E-state index is 12.8. The van der Waals surface area contributed by atoms with Crippen molar-refractivity contribution in [2.24, 2.45) is 0 Å². The lowest BCUT2D eigenvalue weighted by atomic mass is 9.89. The van der Waals surface area contributed by atoms with Crippen LogP contribution in [0.5, 0.6) is 0 Å². The van der Waals surface area contributed by atoms with Crippen LogP contribution >= 0.6 is 11.8 Å². The molecule has 1 N–H and O–H groups in total. The van der Waals surface area contributed by atoms with Crippen molar-refractivity contribution >= 4 is 29.2 Å². The van der Waals surface area contributed by atoms with Gasteiger partial charge in [-0.3, -0.25) is 9.69 Å². The number of anilines is 2. The summed E-state index contributed by atoms with van der Waals surface area (Å²) in [6.07, 6.45) is 4.17. The van der Waals surface area contributed by atoms with Crippen molar-refractivity contribution in [1.29, 1.82) is 5.26 Å². The van der Waals surface area contributed by atoms with E-state index < -0.39 is 0 Å². The van der Waals surface area contributed by atoms with Crippen LogP contribution in [0, 0.1) is 11.3 Å². The van der Waals surface area contributed by atoms with Gasteiger partial charge in [-0.15, -0.1) is 0 Å². The number of aromatic amines is 1. The summed E-state index contributed by atoms with van der Waals surface area (Å²) in [5.41, 5.74) is 4.01. The lowest BCUT2D eigenvalue weighted by Gasteiger charge is -2.26. The number of hydrogen-bond donors (Lipinski definition) is 0. The topological polar surface area (TPSA) is 70.7 Å². The summed E-state index contributed by atoms with van der Waals surface area (Å²) >= 11 is 1.43. The Morgan fingerprint density at radius 1 is 1.20 bits per heavy atom. The van der Waals surface area contributed by atoms with Crippen LogP contribution in [0.15, 0.2) is 35.4 Å². The minimum atomic E-state index is 0.00846. The van der Waals surface area contributed by atoms with Gasteiger partial charge in [0.2, 0.25) is 5.91 Å². The second kappa shape index (κ2) is 9.50. The van der Waals surface area contributed by atoms with Gasteiger partial charge in [0.1, 0.15) is 24.7 Å². The predicted molar refractivity (Wildman–Crippen MR) is 118 cm³/mol. The zero-order chi connectivity index (χ0) is 20.9. The highest BCUT2D eigenvalue weighted by Gasteiger charge is 2.31. The summed E-state index contributed by atoms with van der Waals surface area (Å²) in [5.74, 6) is 1.39. The van der Waals surface area contributed by atoms with E-state index in [-0.39, 0.29) is 11.7 Å². The molecule has 1 aromatic carbocycles. The normalized spacial score (nSPS) is 15.9. The molecule has 156 valence electrons. The highest BCUT2D eigenvalue weighted by Crippen LogP contribution is 2.34. The molecule has 1 saturated heterocycles. The van der Waals surface area contributed by atoms with Crippen molar-refractivity contribution in [2.45, 2.75) is 30.7 Å². The molecule has 0 spiro atoms. The predicted octanol–water partition coefficient (Wildman–Crippen LogP) is 2.84. The fraction of sp³-hybridized carbons (Fsp3) is 0.435. The van der Waals surface area contributed by atoms with Gasteiger partial charge in [-0.2, -0.15) is 5.26 Å². The van der Waals surface area contributed by atoms with Crippen LogP contribution in [0.2, 0.25) is 0 Å². The Morgan fingerprint density at radius 3 is 2.60 bits per heavy atom. The van der Waals surface area contributed by atoms with E-state index in [0.29, 0.717) is 18.8 Å². The van der Waals surface area contributed by atoms with E-state index in [1.165, 1.54) is 17.3 Å². The van der Waals surface area contributed by atoms with Crippen LogP contribution in [-0.2, 0) is 22.4 Å². The zero-order valence-electron chi connectivity index (χ0n) is 17.3. The van der Waals surface area contributed by atoms with Crippen LogP contribution in [0.4, 0.5) is 11.5 Å². The number of thioether (sulfide) groups is 1. The zero-order valence-corrected chi connectivity index (χ0v) is 18.1. The molecule has 1 amide bonds. The van der Waals surface area contributed by atoms with Gasteiger partial charge in [-0.1, -0.05) is 30.0 Å². The molecule has 1 aliphatic carbocycles. The number of H-pyrrole nitrogens is 1. The van der Waals surface area contributed by atoms with Crippen molar-refractivity contribution in [2.75, 3.05) is 48.9 Å². The summed E-state index contributed by atoms with van der Waals surface area (Å²) < 4.78 is 5.52. The number of hydrogen-bond acceptors (Lipinski definition) is 5. The number of morpholine rings is 1. The van der Waals surface area contributed by atoms with E-state index in [2.05, 4.69) is 16.0 Å². The van der Waals surface area contributed by atoms with Crippen molar-refractivity contribution in [3.05, 3.63) is 47.0 Å². The monoisotopic (exact) mass is 423 g/mol. The molecule has 0 saturated carbocycles.